The van der Waals surface area contributed by atoms with Gasteiger partial charge in [0.25, 0.3) is 0 Å². The third kappa shape index (κ3) is 1.42. The molecule has 1 fully saturated rings. The van der Waals surface area contributed by atoms with Gasteiger partial charge in [-0.3, -0.25) is 4.79 Å². The van der Waals surface area contributed by atoms with Crippen molar-refractivity contribution < 1.29 is 14.3 Å². The van der Waals surface area contributed by atoms with Crippen molar-refractivity contribution in [3.05, 3.63) is 0 Å². The predicted molar refractivity (Wildman–Crippen MR) is 30.7 cm³/mol. The van der Waals surface area contributed by atoms with Crippen LogP contribution in [0.5, 0.6) is 0 Å². The molecule has 3 nitrogen and oxygen atoms in total. The van der Waals surface area contributed by atoms with Gasteiger partial charge in [-0.05, 0) is 6.42 Å². The van der Waals surface area contributed by atoms with Crippen LogP contribution in [0, 0.1) is 5.92 Å². The Labute approximate surface area is 53.9 Å². The summed E-state index contributed by atoms with van der Waals surface area (Å²) in [6, 6.07) is 0. The van der Waals surface area contributed by atoms with Crippen LogP contribution in [-0.2, 0) is 14.3 Å². The minimum absolute atomic E-state index is 0.0289. The molecule has 1 saturated heterocycles. The van der Waals surface area contributed by atoms with Gasteiger partial charge in [0.2, 0.25) is 0 Å². The van der Waals surface area contributed by atoms with Crippen LogP contribution < -0.4 is 0 Å². The van der Waals surface area contributed by atoms with Crippen molar-refractivity contribution in [2.45, 2.75) is 13.3 Å². The van der Waals surface area contributed by atoms with Gasteiger partial charge in [0.05, 0.1) is 12.5 Å². The van der Waals surface area contributed by atoms with E-state index in [1.807, 2.05) is 6.92 Å². The predicted octanol–water partition coefficient (Wildman–Crippen LogP) is 0.543. The molecule has 9 heavy (non-hydrogen) atoms. The number of hydrogen-bond donors (Lipinski definition) is 0. The highest BCUT2D eigenvalue weighted by atomic mass is 16.7. The summed E-state index contributed by atoms with van der Waals surface area (Å²) >= 11 is 0. The van der Waals surface area contributed by atoms with Crippen LogP contribution in [0.15, 0.2) is 0 Å². The fraction of sp³-hybridized carbons (Fsp3) is 0.833. The second-order valence-electron chi connectivity index (χ2n) is 2.06. The second-order valence-corrected chi connectivity index (χ2v) is 2.06. The average Bonchev–Trinajstić information content (AvgIpc) is 1.89. The van der Waals surface area contributed by atoms with Crippen molar-refractivity contribution in [1.82, 2.24) is 0 Å². The molecule has 0 aromatic rings. The van der Waals surface area contributed by atoms with Crippen molar-refractivity contribution in [1.29, 1.82) is 0 Å². The number of rotatable bonds is 1. The van der Waals surface area contributed by atoms with Crippen LogP contribution in [0.25, 0.3) is 0 Å². The van der Waals surface area contributed by atoms with Crippen LogP contribution in [0.4, 0.5) is 0 Å². The highest BCUT2D eigenvalue weighted by molar-refractivity contribution is 5.72. The topological polar surface area (TPSA) is 35.5 Å². The number of cyclic esters (lactones) is 1. The summed E-state index contributed by atoms with van der Waals surface area (Å²) in [5.74, 6) is -0.150. The zero-order chi connectivity index (χ0) is 6.69. The highest BCUT2D eigenvalue weighted by Crippen LogP contribution is 2.09. The summed E-state index contributed by atoms with van der Waals surface area (Å²) in [5, 5.41) is 0. The van der Waals surface area contributed by atoms with Crippen molar-refractivity contribution >= 4 is 5.97 Å². The first-order chi connectivity index (χ1) is 4.34. The van der Waals surface area contributed by atoms with Crippen LogP contribution in [0.3, 0.4) is 0 Å². The lowest BCUT2D eigenvalue weighted by Crippen LogP contribution is -2.29. The first kappa shape index (κ1) is 6.55. The summed E-state index contributed by atoms with van der Waals surface area (Å²) in [6.45, 7) is 2.60. The zero-order valence-corrected chi connectivity index (χ0v) is 5.42. The normalized spacial score (nSPS) is 27.7. The molecular formula is C6H10O3. The van der Waals surface area contributed by atoms with E-state index >= 15 is 0 Å². The van der Waals surface area contributed by atoms with Crippen LogP contribution in [0.2, 0.25) is 0 Å². The summed E-state index contributed by atoms with van der Waals surface area (Å²) in [5.41, 5.74) is 0. The van der Waals surface area contributed by atoms with Gasteiger partial charge < -0.3 is 9.47 Å². The van der Waals surface area contributed by atoms with E-state index in [1.165, 1.54) is 0 Å². The number of carbonyl (C=O) groups excluding carboxylic acids is 1. The Hall–Kier alpha value is -0.570. The molecule has 0 aliphatic carbocycles. The average molecular weight is 130 g/mol. The van der Waals surface area contributed by atoms with Crippen LogP contribution in [-0.4, -0.2) is 19.4 Å². The summed E-state index contributed by atoms with van der Waals surface area (Å²) in [4.78, 5) is 10.7. The van der Waals surface area contributed by atoms with Crippen molar-refractivity contribution in [3.8, 4) is 0 Å². The van der Waals surface area contributed by atoms with E-state index in [0.29, 0.717) is 6.61 Å². The van der Waals surface area contributed by atoms with Gasteiger partial charge in [-0.2, -0.15) is 0 Å². The van der Waals surface area contributed by atoms with E-state index in [4.69, 9.17) is 4.74 Å². The lowest BCUT2D eigenvalue weighted by atomic mass is 10.1. The number of carbonyl (C=O) groups is 1. The Bertz CT molecular complexity index is 111. The maximum atomic E-state index is 10.7. The van der Waals surface area contributed by atoms with Gasteiger partial charge in [0, 0.05) is 0 Å². The van der Waals surface area contributed by atoms with Gasteiger partial charge in [-0.25, -0.2) is 0 Å². The first-order valence-corrected chi connectivity index (χ1v) is 3.09. The molecule has 3 heteroatoms. The molecule has 1 rings (SSSR count). The lowest BCUT2D eigenvalue weighted by Gasteiger charge is -2.19. The highest BCUT2D eigenvalue weighted by Gasteiger charge is 2.21. The molecule has 1 heterocycles. The van der Waals surface area contributed by atoms with E-state index in [0.717, 1.165) is 6.42 Å². The fourth-order valence-corrected chi connectivity index (χ4v) is 0.761. The SMILES string of the molecule is CCC1COCOC1=O. The van der Waals surface area contributed by atoms with E-state index in [1.54, 1.807) is 0 Å². The van der Waals surface area contributed by atoms with E-state index < -0.39 is 0 Å². The summed E-state index contributed by atoms with van der Waals surface area (Å²) < 4.78 is 9.52. The molecule has 0 N–H and O–H groups in total. The van der Waals surface area contributed by atoms with Gasteiger partial charge >= 0.3 is 5.97 Å². The van der Waals surface area contributed by atoms with E-state index in [-0.39, 0.29) is 18.7 Å². The molecule has 0 bridgehead atoms. The van der Waals surface area contributed by atoms with Crippen molar-refractivity contribution in [2.24, 2.45) is 5.92 Å². The third-order valence-electron chi connectivity index (χ3n) is 1.43. The molecule has 52 valence electrons. The molecule has 0 saturated carbocycles. The monoisotopic (exact) mass is 130 g/mol. The largest absolute Gasteiger partial charge is 0.438 e. The minimum atomic E-state index is -0.122. The Kier molecular flexibility index (Phi) is 2.05. The Balaban J connectivity index is 2.39. The minimum Gasteiger partial charge on any atom is -0.438 e. The summed E-state index contributed by atoms with van der Waals surface area (Å²) in [7, 11) is 0. The van der Waals surface area contributed by atoms with Crippen molar-refractivity contribution in [3.63, 3.8) is 0 Å². The van der Waals surface area contributed by atoms with Crippen LogP contribution in [0.1, 0.15) is 13.3 Å². The maximum absolute atomic E-state index is 10.7. The molecule has 1 aliphatic heterocycles. The molecule has 0 amide bonds. The number of ether oxygens (including phenoxy) is 2. The number of esters is 1. The van der Waals surface area contributed by atoms with Gasteiger partial charge in [0.1, 0.15) is 0 Å². The number of hydrogen-bond acceptors (Lipinski definition) is 3. The second kappa shape index (κ2) is 2.82. The first-order valence-electron chi connectivity index (χ1n) is 3.09. The third-order valence-corrected chi connectivity index (χ3v) is 1.43. The van der Waals surface area contributed by atoms with E-state index in [2.05, 4.69) is 4.74 Å². The van der Waals surface area contributed by atoms with E-state index in [9.17, 15) is 4.79 Å². The smallest absolute Gasteiger partial charge is 0.313 e. The van der Waals surface area contributed by atoms with Crippen molar-refractivity contribution in [2.75, 3.05) is 13.4 Å². The Morgan fingerprint density at radius 3 is 3.00 bits per heavy atom. The molecule has 0 aromatic heterocycles. The molecule has 1 unspecified atom stereocenters. The standard InChI is InChI=1S/C6H10O3/c1-2-5-3-8-4-9-6(5)7/h5H,2-4H2,1H3. The van der Waals surface area contributed by atoms with Crippen LogP contribution >= 0.6 is 0 Å². The van der Waals surface area contributed by atoms with Gasteiger partial charge in [-0.15, -0.1) is 0 Å². The zero-order valence-electron chi connectivity index (χ0n) is 5.42. The molecule has 0 radical (unpaired) electrons. The maximum Gasteiger partial charge on any atom is 0.313 e. The molecule has 1 atom stereocenters. The lowest BCUT2D eigenvalue weighted by molar-refractivity contribution is -0.179. The molecule has 0 aromatic carbocycles. The fourth-order valence-electron chi connectivity index (χ4n) is 0.761. The molecular weight excluding hydrogens is 120 g/mol. The Morgan fingerprint density at radius 1 is 1.78 bits per heavy atom. The summed E-state index contributed by atoms with van der Waals surface area (Å²) in [6.07, 6.45) is 0.804. The molecule has 1 aliphatic rings. The quantitative estimate of drug-likeness (QED) is 0.486. The van der Waals surface area contributed by atoms with Gasteiger partial charge in [0.15, 0.2) is 6.79 Å². The molecule has 0 spiro atoms. The Morgan fingerprint density at radius 2 is 2.56 bits per heavy atom. The van der Waals surface area contributed by atoms with Gasteiger partial charge in [-0.1, -0.05) is 6.92 Å².